The maximum Gasteiger partial charge on any atom is 0.171 e. The summed E-state index contributed by atoms with van der Waals surface area (Å²) in [4.78, 5) is 25.4. The predicted molar refractivity (Wildman–Crippen MR) is 138 cm³/mol. The Morgan fingerprint density at radius 3 is 2.21 bits per heavy atom. The lowest BCUT2D eigenvalue weighted by Crippen LogP contribution is -2.20. The van der Waals surface area contributed by atoms with Gasteiger partial charge in [-0.15, -0.1) is 6.58 Å². The van der Waals surface area contributed by atoms with Gasteiger partial charge in [0.1, 0.15) is 5.78 Å². The van der Waals surface area contributed by atoms with Crippen molar-refractivity contribution < 1.29 is 9.59 Å². The van der Waals surface area contributed by atoms with Crippen LogP contribution in [0, 0.1) is 11.8 Å². The molecule has 174 valence electrons. The molecule has 2 nitrogen and oxygen atoms in total. The molecule has 0 aliphatic heterocycles. The SMILES string of the molecule is C=C(C)CCC(CCCCCCC(=O)CCc1ccccc1)C1C(=C)c2ccccc2C1=O. The summed E-state index contributed by atoms with van der Waals surface area (Å²) in [7, 11) is 0. The minimum Gasteiger partial charge on any atom is -0.300 e. The van der Waals surface area contributed by atoms with Crippen LogP contribution in [0.1, 0.15) is 86.2 Å². The molecule has 2 heteroatoms. The van der Waals surface area contributed by atoms with Crippen LogP contribution >= 0.6 is 0 Å². The third-order valence-electron chi connectivity index (χ3n) is 6.93. The summed E-state index contributed by atoms with van der Waals surface area (Å²) >= 11 is 0. The molecule has 0 N–H and O–H groups in total. The Morgan fingerprint density at radius 2 is 1.52 bits per heavy atom. The summed E-state index contributed by atoms with van der Waals surface area (Å²) in [6, 6.07) is 18.1. The van der Waals surface area contributed by atoms with Crippen LogP contribution in [0.4, 0.5) is 0 Å². The molecule has 0 heterocycles. The largest absolute Gasteiger partial charge is 0.300 e. The number of hydrogen-bond acceptors (Lipinski definition) is 2. The Hall–Kier alpha value is -2.74. The predicted octanol–water partition coefficient (Wildman–Crippen LogP) is 8.03. The van der Waals surface area contributed by atoms with Crippen molar-refractivity contribution in [2.45, 2.75) is 71.1 Å². The Morgan fingerprint density at radius 1 is 0.848 bits per heavy atom. The number of carbonyl (C=O) groups excluding carboxylic acids is 2. The van der Waals surface area contributed by atoms with E-state index in [1.165, 1.54) is 11.1 Å². The zero-order valence-corrected chi connectivity index (χ0v) is 20.2. The Labute approximate surface area is 199 Å². The second-order valence-corrected chi connectivity index (χ2v) is 9.65. The molecule has 2 atom stereocenters. The lowest BCUT2D eigenvalue weighted by Gasteiger charge is -2.24. The summed E-state index contributed by atoms with van der Waals surface area (Å²) in [6.07, 6.45) is 9.35. The van der Waals surface area contributed by atoms with Gasteiger partial charge in [0.15, 0.2) is 5.78 Å². The van der Waals surface area contributed by atoms with Gasteiger partial charge in [-0.05, 0) is 61.6 Å². The maximum absolute atomic E-state index is 13.1. The first kappa shape index (κ1) is 24.9. The first-order valence-corrected chi connectivity index (χ1v) is 12.5. The van der Waals surface area contributed by atoms with Gasteiger partial charge in [0.05, 0.1) is 5.92 Å². The van der Waals surface area contributed by atoms with Crippen molar-refractivity contribution in [3.05, 3.63) is 90.0 Å². The Kier molecular flexibility index (Phi) is 9.42. The molecule has 2 unspecified atom stereocenters. The van der Waals surface area contributed by atoms with E-state index in [1.54, 1.807) is 0 Å². The molecule has 1 aliphatic rings. The third-order valence-corrected chi connectivity index (χ3v) is 6.93. The highest BCUT2D eigenvalue weighted by atomic mass is 16.1. The van der Waals surface area contributed by atoms with Crippen molar-refractivity contribution in [3.8, 4) is 0 Å². The number of rotatable bonds is 14. The standard InChI is InChI=1S/C31H38O2/c1-23(2)19-21-26(30-24(3)28-17-11-12-18-29(28)31(30)33)15-9-4-5-10-16-27(32)22-20-25-13-7-6-8-14-25/h6-8,11-14,17-18,26,30H,1,3-5,9-10,15-16,19-22H2,2H3. The van der Waals surface area contributed by atoms with Crippen LogP contribution in [0.25, 0.3) is 5.57 Å². The van der Waals surface area contributed by atoms with Crippen LogP contribution in [0.3, 0.4) is 0 Å². The monoisotopic (exact) mass is 442 g/mol. The van der Waals surface area contributed by atoms with E-state index < -0.39 is 0 Å². The van der Waals surface area contributed by atoms with Crippen LogP contribution in [0.2, 0.25) is 0 Å². The number of allylic oxidation sites excluding steroid dienone is 2. The number of fused-ring (bicyclic) bond motifs is 1. The van der Waals surface area contributed by atoms with E-state index in [2.05, 4.69) is 32.2 Å². The number of ketones is 2. The average molecular weight is 443 g/mol. The number of carbonyl (C=O) groups is 2. The zero-order chi connectivity index (χ0) is 23.6. The van der Waals surface area contributed by atoms with Gasteiger partial charge in [0.2, 0.25) is 0 Å². The van der Waals surface area contributed by atoms with E-state index in [1.807, 2.05) is 42.5 Å². The van der Waals surface area contributed by atoms with Crippen molar-refractivity contribution in [1.82, 2.24) is 0 Å². The molecule has 0 radical (unpaired) electrons. The second-order valence-electron chi connectivity index (χ2n) is 9.65. The van der Waals surface area contributed by atoms with Gasteiger partial charge in [0, 0.05) is 18.4 Å². The minimum atomic E-state index is -0.0960. The molecule has 0 aromatic heterocycles. The molecule has 0 fully saturated rings. The highest BCUT2D eigenvalue weighted by Crippen LogP contribution is 2.43. The van der Waals surface area contributed by atoms with Gasteiger partial charge in [-0.3, -0.25) is 9.59 Å². The summed E-state index contributed by atoms with van der Waals surface area (Å²) in [5.74, 6) is 0.818. The first-order valence-electron chi connectivity index (χ1n) is 12.5. The fourth-order valence-electron chi connectivity index (χ4n) is 5.02. The molecule has 2 aromatic carbocycles. The summed E-state index contributed by atoms with van der Waals surface area (Å²) in [6.45, 7) is 10.4. The van der Waals surface area contributed by atoms with E-state index >= 15 is 0 Å². The maximum atomic E-state index is 13.1. The van der Waals surface area contributed by atoms with Crippen molar-refractivity contribution in [3.63, 3.8) is 0 Å². The normalized spacial score (nSPS) is 16.0. The first-order chi connectivity index (χ1) is 16.0. The van der Waals surface area contributed by atoms with E-state index in [0.717, 1.165) is 68.1 Å². The van der Waals surface area contributed by atoms with Crippen LogP contribution in [-0.4, -0.2) is 11.6 Å². The highest BCUT2D eigenvalue weighted by molar-refractivity contribution is 6.13. The lowest BCUT2D eigenvalue weighted by molar-refractivity contribution is -0.119. The molecule has 2 aromatic rings. The summed E-state index contributed by atoms with van der Waals surface area (Å²) in [5.41, 5.74) is 5.26. The Bertz CT molecular complexity index is 934. The number of benzene rings is 2. The molecule has 0 saturated carbocycles. The van der Waals surface area contributed by atoms with E-state index in [-0.39, 0.29) is 11.7 Å². The summed E-state index contributed by atoms with van der Waals surface area (Å²) in [5, 5.41) is 0. The number of Topliss-reactive ketones (excluding diaryl/α,β-unsaturated/α-hetero) is 2. The zero-order valence-electron chi connectivity index (χ0n) is 20.2. The second kappa shape index (κ2) is 12.5. The number of hydrogen-bond donors (Lipinski definition) is 0. The highest BCUT2D eigenvalue weighted by Gasteiger charge is 2.38. The quantitative estimate of drug-likeness (QED) is 0.219. The molecule has 0 bridgehead atoms. The molecular weight excluding hydrogens is 404 g/mol. The van der Waals surface area contributed by atoms with Crippen molar-refractivity contribution in [2.75, 3.05) is 0 Å². The average Bonchev–Trinajstić information content (AvgIpc) is 3.07. The molecule has 0 amide bonds. The lowest BCUT2D eigenvalue weighted by atomic mass is 9.79. The van der Waals surface area contributed by atoms with Crippen LogP contribution in [0.5, 0.6) is 0 Å². The Balaban J connectivity index is 1.42. The van der Waals surface area contributed by atoms with Crippen molar-refractivity contribution >= 4 is 17.1 Å². The molecule has 0 spiro atoms. The van der Waals surface area contributed by atoms with E-state index in [4.69, 9.17) is 0 Å². The van der Waals surface area contributed by atoms with Gasteiger partial charge in [-0.1, -0.05) is 86.0 Å². The number of unbranched alkanes of at least 4 members (excludes halogenated alkanes) is 3. The molecule has 1 aliphatic carbocycles. The van der Waals surface area contributed by atoms with Gasteiger partial charge < -0.3 is 0 Å². The van der Waals surface area contributed by atoms with Crippen LogP contribution in [0.15, 0.2) is 73.3 Å². The van der Waals surface area contributed by atoms with Crippen molar-refractivity contribution in [2.24, 2.45) is 11.8 Å². The minimum absolute atomic E-state index is 0.0960. The van der Waals surface area contributed by atoms with Crippen molar-refractivity contribution in [1.29, 1.82) is 0 Å². The van der Waals surface area contributed by atoms with E-state index in [9.17, 15) is 9.59 Å². The molecule has 33 heavy (non-hydrogen) atoms. The smallest absolute Gasteiger partial charge is 0.171 e. The van der Waals surface area contributed by atoms with Gasteiger partial charge in [-0.25, -0.2) is 0 Å². The summed E-state index contributed by atoms with van der Waals surface area (Å²) < 4.78 is 0. The fourth-order valence-corrected chi connectivity index (χ4v) is 5.02. The van der Waals surface area contributed by atoms with Crippen LogP contribution in [-0.2, 0) is 11.2 Å². The van der Waals surface area contributed by atoms with E-state index in [0.29, 0.717) is 24.5 Å². The van der Waals surface area contributed by atoms with Gasteiger partial charge in [-0.2, -0.15) is 0 Å². The topological polar surface area (TPSA) is 34.1 Å². The third kappa shape index (κ3) is 7.12. The fraction of sp³-hybridized carbons (Fsp3) is 0.419. The molecule has 3 rings (SSSR count). The van der Waals surface area contributed by atoms with Gasteiger partial charge in [0.25, 0.3) is 0 Å². The molecular formula is C31H38O2. The van der Waals surface area contributed by atoms with Crippen LogP contribution < -0.4 is 0 Å². The van der Waals surface area contributed by atoms with Gasteiger partial charge >= 0.3 is 0 Å². The molecule has 0 saturated heterocycles. The number of aryl methyl sites for hydroxylation is 1.